The number of hydrogen-bond acceptors (Lipinski definition) is 0. The van der Waals surface area contributed by atoms with Gasteiger partial charge in [-0.05, 0) is 22.7 Å². The molecule has 0 aromatic heterocycles. The van der Waals surface area contributed by atoms with E-state index in [1.54, 1.807) is 10.8 Å². The van der Waals surface area contributed by atoms with Gasteiger partial charge in [-0.2, -0.15) is 0 Å². The van der Waals surface area contributed by atoms with Gasteiger partial charge in [-0.25, -0.2) is 0 Å². The first kappa shape index (κ1) is 8.92. The average molecular weight is 210 g/mol. The van der Waals surface area contributed by atoms with Crippen molar-refractivity contribution < 1.29 is 0 Å². The van der Waals surface area contributed by atoms with Gasteiger partial charge >= 0.3 is 0 Å². The third-order valence-electron chi connectivity index (χ3n) is 3.33. The van der Waals surface area contributed by atoms with Crippen molar-refractivity contribution in [2.24, 2.45) is 0 Å². The van der Waals surface area contributed by atoms with Gasteiger partial charge < -0.3 is 0 Å². The summed E-state index contributed by atoms with van der Waals surface area (Å²) >= 11 is 0. The van der Waals surface area contributed by atoms with Crippen LogP contribution in [0.4, 0.5) is 0 Å². The lowest BCUT2D eigenvalue weighted by molar-refractivity contribution is 1.34. The topological polar surface area (TPSA) is 0 Å². The average Bonchev–Trinajstić information content (AvgIpc) is 2.30. The van der Waals surface area contributed by atoms with Gasteiger partial charge in [0.25, 0.3) is 0 Å². The maximum atomic E-state index is 2.45. The van der Waals surface area contributed by atoms with Gasteiger partial charge in [0, 0.05) is 0 Å². The van der Waals surface area contributed by atoms with E-state index in [2.05, 4.69) is 55.1 Å². The standard InChI is InChI=1S/C14H14Si/c1-15-10-11-6-2-3-7-12(11)13-8-4-5-9-14(13)15/h2-9,15H,10H2,1H3. The number of rotatable bonds is 0. The molecule has 1 aliphatic heterocycles. The summed E-state index contributed by atoms with van der Waals surface area (Å²) in [5.41, 5.74) is 4.49. The van der Waals surface area contributed by atoms with E-state index in [1.807, 2.05) is 0 Å². The highest BCUT2D eigenvalue weighted by molar-refractivity contribution is 6.73. The van der Waals surface area contributed by atoms with E-state index < -0.39 is 8.80 Å². The maximum absolute atomic E-state index is 2.45. The smallest absolute Gasteiger partial charge is 0.0678 e. The zero-order valence-corrected chi connectivity index (χ0v) is 10.1. The van der Waals surface area contributed by atoms with Crippen molar-refractivity contribution in [2.45, 2.75) is 12.6 Å². The van der Waals surface area contributed by atoms with Crippen LogP contribution in [0.25, 0.3) is 11.1 Å². The lowest BCUT2D eigenvalue weighted by atomic mass is 10.00. The summed E-state index contributed by atoms with van der Waals surface area (Å²) in [6.07, 6.45) is 0. The summed E-state index contributed by atoms with van der Waals surface area (Å²) < 4.78 is 0. The first-order valence-electron chi connectivity index (χ1n) is 5.53. The second-order valence-corrected chi connectivity index (χ2v) is 7.18. The van der Waals surface area contributed by atoms with Gasteiger partial charge in [-0.15, -0.1) is 0 Å². The lowest BCUT2D eigenvalue weighted by Gasteiger charge is -2.24. The molecule has 0 N–H and O–H groups in total. The Morgan fingerprint density at radius 3 is 2.40 bits per heavy atom. The summed E-state index contributed by atoms with van der Waals surface area (Å²) in [4.78, 5) is 0. The Bertz CT molecular complexity index is 502. The quantitative estimate of drug-likeness (QED) is 0.586. The van der Waals surface area contributed by atoms with Gasteiger partial charge in [0.2, 0.25) is 0 Å². The Balaban J connectivity index is 2.30. The fraction of sp³-hybridized carbons (Fsp3) is 0.143. The molecule has 1 heterocycles. The molecule has 0 saturated carbocycles. The van der Waals surface area contributed by atoms with E-state index in [4.69, 9.17) is 0 Å². The molecule has 0 aliphatic carbocycles. The third kappa shape index (κ3) is 1.35. The molecule has 0 fully saturated rings. The van der Waals surface area contributed by atoms with Crippen molar-refractivity contribution in [1.29, 1.82) is 0 Å². The fourth-order valence-corrected chi connectivity index (χ4v) is 5.03. The summed E-state index contributed by atoms with van der Waals surface area (Å²) in [5.74, 6) is 0. The summed E-state index contributed by atoms with van der Waals surface area (Å²) in [6, 6.07) is 19.1. The molecule has 0 radical (unpaired) electrons. The molecule has 1 atom stereocenters. The van der Waals surface area contributed by atoms with Crippen molar-refractivity contribution in [3.8, 4) is 11.1 Å². The molecular weight excluding hydrogens is 196 g/mol. The van der Waals surface area contributed by atoms with Gasteiger partial charge in [0.15, 0.2) is 0 Å². The van der Waals surface area contributed by atoms with E-state index in [9.17, 15) is 0 Å². The minimum Gasteiger partial charge on any atom is -0.0678 e. The SMILES string of the molecule is C[SiH]1Cc2ccccc2-c2ccccc21. The Labute approximate surface area is 92.2 Å². The summed E-state index contributed by atoms with van der Waals surface area (Å²) in [7, 11) is -0.729. The molecule has 0 amide bonds. The number of benzene rings is 2. The molecule has 0 saturated heterocycles. The Morgan fingerprint density at radius 2 is 1.53 bits per heavy atom. The van der Waals surface area contributed by atoms with Crippen LogP contribution in [0.3, 0.4) is 0 Å². The van der Waals surface area contributed by atoms with Crippen LogP contribution >= 0.6 is 0 Å². The van der Waals surface area contributed by atoms with Crippen molar-refractivity contribution >= 4 is 14.0 Å². The highest BCUT2D eigenvalue weighted by Crippen LogP contribution is 2.27. The highest BCUT2D eigenvalue weighted by atomic mass is 28.3. The molecule has 1 unspecified atom stereocenters. The molecule has 74 valence electrons. The van der Waals surface area contributed by atoms with Crippen LogP contribution < -0.4 is 5.19 Å². The molecule has 1 heteroatoms. The fourth-order valence-electron chi connectivity index (χ4n) is 2.57. The number of hydrogen-bond donors (Lipinski definition) is 0. The largest absolute Gasteiger partial charge is 0.0729 e. The predicted molar refractivity (Wildman–Crippen MR) is 68.2 cm³/mol. The molecular formula is C14H14Si. The first-order valence-corrected chi connectivity index (χ1v) is 8.08. The molecule has 15 heavy (non-hydrogen) atoms. The van der Waals surface area contributed by atoms with Crippen LogP contribution in [-0.2, 0) is 6.04 Å². The van der Waals surface area contributed by atoms with Crippen LogP contribution in [0.2, 0.25) is 6.55 Å². The van der Waals surface area contributed by atoms with E-state index in [0.717, 1.165) is 0 Å². The summed E-state index contributed by atoms with van der Waals surface area (Å²) in [5, 5.41) is 1.64. The van der Waals surface area contributed by atoms with Gasteiger partial charge in [0.05, 0.1) is 8.80 Å². The normalized spacial score (nSPS) is 18.1. The molecule has 0 bridgehead atoms. The molecule has 2 aromatic rings. The van der Waals surface area contributed by atoms with E-state index >= 15 is 0 Å². The molecule has 3 rings (SSSR count). The van der Waals surface area contributed by atoms with Crippen molar-refractivity contribution in [3.05, 3.63) is 54.1 Å². The van der Waals surface area contributed by atoms with Crippen LogP contribution in [0.15, 0.2) is 48.5 Å². The van der Waals surface area contributed by atoms with Crippen LogP contribution in [0, 0.1) is 0 Å². The lowest BCUT2D eigenvalue weighted by Crippen LogP contribution is -2.34. The Kier molecular flexibility index (Phi) is 1.99. The van der Waals surface area contributed by atoms with E-state index in [1.165, 1.54) is 17.2 Å². The molecule has 1 aliphatic rings. The van der Waals surface area contributed by atoms with E-state index in [-0.39, 0.29) is 0 Å². The zero-order valence-electron chi connectivity index (χ0n) is 8.90. The highest BCUT2D eigenvalue weighted by Gasteiger charge is 2.21. The second-order valence-electron chi connectivity index (χ2n) is 4.35. The molecule has 2 aromatic carbocycles. The van der Waals surface area contributed by atoms with E-state index in [0.29, 0.717) is 0 Å². The minimum atomic E-state index is -0.729. The van der Waals surface area contributed by atoms with Gasteiger partial charge in [0.1, 0.15) is 0 Å². The van der Waals surface area contributed by atoms with Crippen LogP contribution in [0.1, 0.15) is 5.56 Å². The van der Waals surface area contributed by atoms with Crippen molar-refractivity contribution in [1.82, 2.24) is 0 Å². The second kappa shape index (κ2) is 3.35. The van der Waals surface area contributed by atoms with Crippen LogP contribution in [0.5, 0.6) is 0 Å². The molecule has 0 nitrogen and oxygen atoms in total. The maximum Gasteiger partial charge on any atom is 0.0729 e. The molecule has 0 spiro atoms. The zero-order chi connectivity index (χ0) is 10.3. The van der Waals surface area contributed by atoms with Gasteiger partial charge in [-0.3, -0.25) is 0 Å². The van der Waals surface area contributed by atoms with Crippen molar-refractivity contribution in [2.75, 3.05) is 0 Å². The van der Waals surface area contributed by atoms with Gasteiger partial charge in [-0.1, -0.05) is 60.3 Å². The summed E-state index contributed by atoms with van der Waals surface area (Å²) in [6.45, 7) is 2.45. The Hall–Kier alpha value is -1.34. The number of fused-ring (bicyclic) bond motifs is 3. The minimum absolute atomic E-state index is 0.729. The first-order chi connectivity index (χ1) is 7.36. The van der Waals surface area contributed by atoms with Crippen LogP contribution in [-0.4, -0.2) is 8.80 Å². The third-order valence-corrected chi connectivity index (χ3v) is 5.94. The predicted octanol–water partition coefficient (Wildman–Crippen LogP) is 2.51. The van der Waals surface area contributed by atoms with Crippen molar-refractivity contribution in [3.63, 3.8) is 0 Å². The Morgan fingerprint density at radius 1 is 0.867 bits per heavy atom. The monoisotopic (exact) mass is 210 g/mol.